The highest BCUT2D eigenvalue weighted by Gasteiger charge is 2.41. The van der Waals surface area contributed by atoms with E-state index in [1.54, 1.807) is 0 Å². The molecule has 0 radical (unpaired) electrons. The molecule has 0 bridgehead atoms. The van der Waals surface area contributed by atoms with Gasteiger partial charge in [-0.3, -0.25) is 4.21 Å². The van der Waals surface area contributed by atoms with Crippen LogP contribution in [0.25, 0.3) is 0 Å². The summed E-state index contributed by atoms with van der Waals surface area (Å²) in [5, 5.41) is 0. The Bertz CT molecular complexity index is 343. The molecule has 12 heteroatoms. The summed E-state index contributed by atoms with van der Waals surface area (Å²) in [7, 11) is -1.90. The quantitative estimate of drug-likeness (QED) is 0.536. The Hall–Kier alpha value is -1.33. The van der Waals surface area contributed by atoms with E-state index < -0.39 is 59.8 Å². The van der Waals surface area contributed by atoms with Gasteiger partial charge in [-0.05, 0) is 0 Å². The zero-order valence-corrected chi connectivity index (χ0v) is 10.4. The molecule has 0 heterocycles. The molecule has 0 rings (SSSR count). The zero-order chi connectivity index (χ0) is 16.0. The third-order valence-corrected chi connectivity index (χ3v) is 2.80. The predicted molar refractivity (Wildman–Crippen MR) is 51.9 cm³/mol. The Labute approximate surface area is 110 Å². The third kappa shape index (κ3) is 7.96. The van der Waals surface area contributed by atoms with Crippen LogP contribution in [0.4, 0.5) is 26.3 Å². The van der Waals surface area contributed by atoms with Gasteiger partial charge in [-0.25, -0.2) is 9.59 Å². The minimum atomic E-state index is -5.18. The first kappa shape index (κ1) is 18.7. The monoisotopic (exact) mass is 330 g/mol. The van der Waals surface area contributed by atoms with Crippen molar-refractivity contribution >= 4 is 22.7 Å². The Morgan fingerprint density at radius 1 is 0.800 bits per heavy atom. The minimum Gasteiger partial charge on any atom is -0.458 e. The van der Waals surface area contributed by atoms with E-state index in [1.807, 2.05) is 0 Å². The highest BCUT2D eigenvalue weighted by Crippen LogP contribution is 2.17. The number of ether oxygens (including phenoxy) is 2. The average molecular weight is 330 g/mol. The van der Waals surface area contributed by atoms with Crippen LogP contribution in [-0.2, 0) is 29.9 Å². The maximum absolute atomic E-state index is 11.7. The highest BCUT2D eigenvalue weighted by atomic mass is 32.2. The fraction of sp³-hybridized carbons (Fsp3) is 0.750. The van der Waals surface area contributed by atoms with Gasteiger partial charge in [0.1, 0.15) is 13.2 Å². The van der Waals surface area contributed by atoms with Crippen LogP contribution in [0.5, 0.6) is 0 Å². The number of alkyl halides is 6. The largest absolute Gasteiger partial charge is 0.490 e. The van der Waals surface area contributed by atoms with Crippen LogP contribution >= 0.6 is 0 Å². The van der Waals surface area contributed by atoms with E-state index in [0.29, 0.717) is 0 Å². The Morgan fingerprint density at radius 2 is 1.10 bits per heavy atom. The number of carbonyl (C=O) groups excluding carboxylic acids is 2. The number of hydrogen-bond donors (Lipinski definition) is 0. The second-order valence-corrected chi connectivity index (χ2v) is 4.81. The van der Waals surface area contributed by atoms with Gasteiger partial charge in [-0.1, -0.05) is 0 Å². The first-order valence-corrected chi connectivity index (χ1v) is 6.26. The first-order chi connectivity index (χ1) is 8.94. The second kappa shape index (κ2) is 7.45. The van der Waals surface area contributed by atoms with Gasteiger partial charge in [0.2, 0.25) is 0 Å². The lowest BCUT2D eigenvalue weighted by Crippen LogP contribution is -2.28. The van der Waals surface area contributed by atoms with Gasteiger partial charge in [0, 0.05) is 10.8 Å². The smallest absolute Gasteiger partial charge is 0.458 e. The summed E-state index contributed by atoms with van der Waals surface area (Å²) in [4.78, 5) is 20.4. The van der Waals surface area contributed by atoms with E-state index in [1.165, 1.54) is 0 Å². The first-order valence-electron chi connectivity index (χ1n) is 4.77. The molecule has 0 aromatic rings. The van der Waals surface area contributed by atoms with Crippen molar-refractivity contribution in [3.63, 3.8) is 0 Å². The lowest BCUT2D eigenvalue weighted by Gasteiger charge is -2.08. The number of halogens is 6. The van der Waals surface area contributed by atoms with E-state index in [0.717, 1.165) is 0 Å². The van der Waals surface area contributed by atoms with Gasteiger partial charge in [0.25, 0.3) is 0 Å². The molecule has 0 atom stereocenters. The maximum atomic E-state index is 11.7. The van der Waals surface area contributed by atoms with Gasteiger partial charge in [0.15, 0.2) is 0 Å². The molecular weight excluding hydrogens is 322 g/mol. The Balaban J connectivity index is 3.82. The molecular formula is C8H8F6O5S. The van der Waals surface area contributed by atoms with Gasteiger partial charge in [-0.2, -0.15) is 26.3 Å². The second-order valence-electron chi connectivity index (χ2n) is 3.12. The number of hydrogen-bond acceptors (Lipinski definition) is 5. The summed E-state index contributed by atoms with van der Waals surface area (Å²) < 4.78 is 88.5. The van der Waals surface area contributed by atoms with Gasteiger partial charge in [0.05, 0.1) is 11.5 Å². The molecule has 0 saturated carbocycles. The molecule has 0 amide bonds. The lowest BCUT2D eigenvalue weighted by atomic mass is 10.6. The van der Waals surface area contributed by atoms with Crippen molar-refractivity contribution in [2.75, 3.05) is 24.7 Å². The number of carbonyl (C=O) groups is 2. The van der Waals surface area contributed by atoms with E-state index in [-0.39, 0.29) is 0 Å². The van der Waals surface area contributed by atoms with Crippen LogP contribution in [0.3, 0.4) is 0 Å². The molecule has 0 unspecified atom stereocenters. The molecule has 0 aliphatic rings. The molecule has 0 aliphatic carbocycles. The van der Waals surface area contributed by atoms with E-state index in [9.17, 15) is 40.1 Å². The fourth-order valence-corrected chi connectivity index (χ4v) is 1.46. The molecule has 0 fully saturated rings. The van der Waals surface area contributed by atoms with Crippen molar-refractivity contribution in [1.82, 2.24) is 0 Å². The minimum absolute atomic E-state index is 0.522. The van der Waals surface area contributed by atoms with Crippen molar-refractivity contribution in [1.29, 1.82) is 0 Å². The Morgan fingerprint density at radius 3 is 1.35 bits per heavy atom. The molecule has 0 saturated heterocycles. The number of esters is 2. The summed E-state index contributed by atoms with van der Waals surface area (Å²) in [6.45, 7) is -1.64. The van der Waals surface area contributed by atoms with Gasteiger partial charge in [-0.15, -0.1) is 0 Å². The fourth-order valence-electron chi connectivity index (χ4n) is 0.720. The Kier molecular flexibility index (Phi) is 6.96. The summed E-state index contributed by atoms with van der Waals surface area (Å²) in [6.07, 6.45) is -10.4. The molecule has 0 aromatic heterocycles. The highest BCUT2D eigenvalue weighted by molar-refractivity contribution is 7.85. The predicted octanol–water partition coefficient (Wildman–Crippen LogP) is 0.946. The molecule has 0 spiro atoms. The summed E-state index contributed by atoms with van der Waals surface area (Å²) >= 11 is 0. The third-order valence-electron chi connectivity index (χ3n) is 1.55. The van der Waals surface area contributed by atoms with Crippen LogP contribution in [0, 0.1) is 0 Å². The molecule has 0 N–H and O–H groups in total. The van der Waals surface area contributed by atoms with Crippen LogP contribution in [0.2, 0.25) is 0 Å². The van der Waals surface area contributed by atoms with Crippen molar-refractivity contribution in [3.8, 4) is 0 Å². The van der Waals surface area contributed by atoms with E-state index in [4.69, 9.17) is 0 Å². The molecule has 118 valence electrons. The average Bonchev–Trinajstić information content (AvgIpc) is 2.26. The summed E-state index contributed by atoms with van der Waals surface area (Å²) in [5.41, 5.74) is 0. The SMILES string of the molecule is O=C(OCCS(=O)CCOC(=O)C(F)(F)F)C(F)(F)F. The zero-order valence-electron chi connectivity index (χ0n) is 9.55. The van der Waals surface area contributed by atoms with Crippen molar-refractivity contribution in [2.45, 2.75) is 12.4 Å². The van der Waals surface area contributed by atoms with E-state index >= 15 is 0 Å². The summed E-state index contributed by atoms with van der Waals surface area (Å²) in [5.74, 6) is -5.97. The van der Waals surface area contributed by atoms with Crippen molar-refractivity contribution < 1.29 is 49.6 Å². The standard InChI is InChI=1S/C8H8F6O5S/c9-7(10,11)5(15)18-1-3-20(17)4-2-19-6(16)8(12,13)14/h1-4H2. The van der Waals surface area contributed by atoms with Crippen LogP contribution in [0.1, 0.15) is 0 Å². The summed E-state index contributed by atoms with van der Waals surface area (Å²) in [6, 6.07) is 0. The van der Waals surface area contributed by atoms with Crippen molar-refractivity contribution in [3.05, 3.63) is 0 Å². The van der Waals surface area contributed by atoms with Crippen LogP contribution in [0.15, 0.2) is 0 Å². The topological polar surface area (TPSA) is 69.7 Å². The van der Waals surface area contributed by atoms with Crippen LogP contribution < -0.4 is 0 Å². The normalized spacial score (nSPS) is 12.3. The maximum Gasteiger partial charge on any atom is 0.490 e. The van der Waals surface area contributed by atoms with Crippen LogP contribution in [-0.4, -0.2) is 53.2 Å². The van der Waals surface area contributed by atoms with Gasteiger partial charge >= 0.3 is 24.3 Å². The molecule has 5 nitrogen and oxygen atoms in total. The van der Waals surface area contributed by atoms with Gasteiger partial charge < -0.3 is 9.47 Å². The molecule has 0 aliphatic heterocycles. The number of rotatable bonds is 6. The van der Waals surface area contributed by atoms with E-state index in [2.05, 4.69) is 9.47 Å². The molecule has 20 heavy (non-hydrogen) atoms. The lowest BCUT2D eigenvalue weighted by molar-refractivity contribution is -0.199. The van der Waals surface area contributed by atoms with Crippen molar-refractivity contribution in [2.24, 2.45) is 0 Å². The molecule has 0 aromatic carbocycles.